The number of ketones is 4. The third kappa shape index (κ3) is 27.0. The van der Waals surface area contributed by atoms with Crippen molar-refractivity contribution in [3.8, 4) is 28.7 Å². The molecule has 4 aliphatic rings. The molecule has 8 aromatic carbocycles. The van der Waals surface area contributed by atoms with Gasteiger partial charge in [0, 0.05) is 107 Å². The second kappa shape index (κ2) is 46.4. The van der Waals surface area contributed by atoms with Crippen molar-refractivity contribution in [1.82, 2.24) is 0 Å². The number of aryl methyl sites for hydroxylation is 4. The first kappa shape index (κ1) is 97.0. The monoisotopic (exact) mass is 1840 g/mol. The van der Waals surface area contributed by atoms with E-state index in [1.807, 2.05) is 161 Å². The van der Waals surface area contributed by atoms with Gasteiger partial charge in [0.25, 0.3) is 0 Å². The Morgan fingerprint density at radius 1 is 0.318 bits per heavy atom. The topological polar surface area (TPSA) is 272 Å². The molecule has 680 valence electrons. The summed E-state index contributed by atoms with van der Waals surface area (Å²) in [7, 11) is 1.67. The minimum atomic E-state index is -0.467. The first-order valence-corrected chi connectivity index (χ1v) is 45.4. The van der Waals surface area contributed by atoms with Crippen LogP contribution < -0.4 is 46.2 Å². The van der Waals surface area contributed by atoms with Crippen molar-refractivity contribution in [2.75, 3.05) is 7.11 Å². The van der Waals surface area contributed by atoms with E-state index in [0.29, 0.717) is 71.0 Å². The van der Waals surface area contributed by atoms with Gasteiger partial charge in [-0.1, -0.05) is 114 Å². The number of methoxy groups -OCH3 is 1. The first-order valence-electron chi connectivity index (χ1n) is 44.2. The van der Waals surface area contributed by atoms with Crippen molar-refractivity contribution in [2.24, 2.45) is 0 Å². The lowest BCUT2D eigenvalue weighted by molar-refractivity contribution is -0.117. The minimum Gasteiger partial charge on any atom is -0.496 e. The number of halogens is 2. The maximum atomic E-state index is 12.3. The fraction of sp³-hybridized carbons (Fsp3) is 0.396. The van der Waals surface area contributed by atoms with Crippen LogP contribution in [-0.4, -0.2) is 79.1 Å². The summed E-state index contributed by atoms with van der Waals surface area (Å²) in [4.78, 5) is 94.6. The third-order valence-corrected chi connectivity index (χ3v) is 25.0. The van der Waals surface area contributed by atoms with E-state index in [4.69, 9.17) is 71.9 Å². The van der Waals surface area contributed by atoms with Gasteiger partial charge >= 0.3 is 22.5 Å². The molecular formula is C106H116BrClO21. The van der Waals surface area contributed by atoms with Crippen LogP contribution in [0.4, 0.5) is 0 Å². The smallest absolute Gasteiger partial charge is 0.339 e. The molecule has 4 heterocycles. The van der Waals surface area contributed by atoms with Crippen molar-refractivity contribution in [3.63, 3.8) is 0 Å². The predicted octanol–water partition coefficient (Wildman–Crippen LogP) is 22.6. The van der Waals surface area contributed by atoms with Crippen LogP contribution in [0.2, 0.25) is 5.02 Å². The van der Waals surface area contributed by atoms with Crippen molar-refractivity contribution >= 4 is 94.5 Å². The standard InChI is InChI=1S/C27H30O6.C26H27BrO5.C26H27ClO5.C26H28O5.CH4/c1-17(28)14-21-15-19-8-13-24(18(2)26(19)33-27(21)29)32-23-11-9-22(10-12-23)31-16-20-6-4-5-7-25(20)30-3;1-16(28)13-20-14-18-7-12-24(17(2)25(18)32-26(20)29)31-22-10-8-21(9-11-22)30-15-19-5-3-4-6-23(19)27;1-16(28)13-20-14-19-5-12-24(17(2)25(19)32-26(20)29)31-23-10-8-22(9-11-23)30-15-18-3-6-21(27)7-4-18;1-17(27)14-21-15-20-8-13-24(18(2)25(20)31-26(21)28)30-23-11-9-22(10-12-23)29-16-19-6-4-3-5-7-19;/h4-8,13,15,22-23H,9-12,14,16H2,1-3H3;3-7,12,14,21-22H,8-11,13,15H2,1-2H3;3-7,12,14,22-23H,8-11,13,15H2,1-2H3;3-8,13,15,22-23H,9-12,14,16H2,1-2H3;1H4. The number of hydrogen-bond acceptors (Lipinski definition) is 21. The zero-order valence-corrected chi connectivity index (χ0v) is 76.5. The highest BCUT2D eigenvalue weighted by atomic mass is 79.9. The van der Waals surface area contributed by atoms with Crippen LogP contribution in [0.15, 0.2) is 217 Å². The van der Waals surface area contributed by atoms with E-state index in [0.717, 1.165) is 201 Å². The summed E-state index contributed by atoms with van der Waals surface area (Å²) in [6.45, 7) is 15.8. The van der Waals surface area contributed by atoms with Crippen molar-refractivity contribution in [3.05, 3.63) is 294 Å². The first-order chi connectivity index (χ1) is 61.7. The lowest BCUT2D eigenvalue weighted by Crippen LogP contribution is -2.28. The number of ether oxygens (including phenoxy) is 9. The Labute approximate surface area is 765 Å². The Hall–Kier alpha value is -11.1. The fourth-order valence-corrected chi connectivity index (χ4v) is 17.4. The van der Waals surface area contributed by atoms with Gasteiger partial charge in [-0.3, -0.25) is 19.2 Å². The van der Waals surface area contributed by atoms with Gasteiger partial charge < -0.3 is 60.3 Å². The van der Waals surface area contributed by atoms with Gasteiger partial charge in [0.15, 0.2) is 0 Å². The average molecular weight is 1840 g/mol. The van der Waals surface area contributed by atoms with Crippen molar-refractivity contribution in [1.29, 1.82) is 0 Å². The molecular weight excluding hydrogens is 1720 g/mol. The van der Waals surface area contributed by atoms with E-state index in [1.165, 1.54) is 33.3 Å². The van der Waals surface area contributed by atoms with Crippen LogP contribution in [0.5, 0.6) is 28.7 Å². The summed E-state index contributed by atoms with van der Waals surface area (Å²) in [6, 6.07) is 56.2. The summed E-state index contributed by atoms with van der Waals surface area (Å²) in [5.41, 5.74) is 9.50. The number of benzene rings is 8. The van der Waals surface area contributed by atoms with Gasteiger partial charge in [-0.2, -0.15) is 0 Å². The summed E-state index contributed by atoms with van der Waals surface area (Å²) in [5.74, 6) is 3.51. The van der Waals surface area contributed by atoms with E-state index in [-0.39, 0.29) is 105 Å². The molecule has 21 nitrogen and oxygen atoms in total. The molecule has 0 atom stereocenters. The largest absolute Gasteiger partial charge is 0.496 e. The number of Topliss-reactive ketones (excluding diaryl/α,β-unsaturated/α-hetero) is 4. The summed E-state index contributed by atoms with van der Waals surface area (Å²) in [5, 5.41) is 3.92. The number of carbonyl (C=O) groups is 4. The van der Waals surface area contributed by atoms with Crippen LogP contribution in [0, 0.1) is 27.7 Å². The fourth-order valence-electron chi connectivity index (χ4n) is 16.9. The van der Waals surface area contributed by atoms with E-state index in [1.54, 1.807) is 31.4 Å². The molecule has 0 bridgehead atoms. The highest BCUT2D eigenvalue weighted by molar-refractivity contribution is 9.10. The van der Waals surface area contributed by atoms with Crippen LogP contribution >= 0.6 is 27.5 Å². The molecule has 4 aromatic heterocycles. The molecule has 129 heavy (non-hydrogen) atoms. The molecule has 0 aliphatic heterocycles. The van der Waals surface area contributed by atoms with Crippen LogP contribution in [0.1, 0.15) is 205 Å². The van der Waals surface area contributed by atoms with E-state index >= 15 is 0 Å². The van der Waals surface area contributed by atoms with Crippen molar-refractivity contribution < 1.29 is 79.5 Å². The Bertz CT molecular complexity index is 6120. The molecule has 0 radical (unpaired) electrons. The van der Waals surface area contributed by atoms with Gasteiger partial charge in [-0.15, -0.1) is 0 Å². The molecule has 4 fully saturated rings. The maximum Gasteiger partial charge on any atom is 0.339 e. The number of rotatable bonds is 29. The van der Waals surface area contributed by atoms with Gasteiger partial charge in [0.1, 0.15) is 74.2 Å². The summed E-state index contributed by atoms with van der Waals surface area (Å²) < 4.78 is 78.1. The Morgan fingerprint density at radius 2 is 0.581 bits per heavy atom. The molecule has 0 unspecified atom stereocenters. The molecule has 0 N–H and O–H groups in total. The average Bonchev–Trinajstić information content (AvgIpc) is 0.799. The highest BCUT2D eigenvalue weighted by Crippen LogP contribution is 2.38. The Morgan fingerprint density at radius 3 is 0.884 bits per heavy atom. The number of carbonyl (C=O) groups excluding carboxylic acids is 4. The van der Waals surface area contributed by atoms with Gasteiger partial charge in [-0.05, 0) is 272 Å². The summed E-state index contributed by atoms with van der Waals surface area (Å²) in [6.07, 6.45) is 16.5. The van der Waals surface area contributed by atoms with Crippen LogP contribution in [0.3, 0.4) is 0 Å². The van der Waals surface area contributed by atoms with Gasteiger partial charge in [0.2, 0.25) is 0 Å². The zero-order valence-electron chi connectivity index (χ0n) is 74.2. The van der Waals surface area contributed by atoms with E-state index in [9.17, 15) is 38.4 Å². The van der Waals surface area contributed by atoms with Gasteiger partial charge in [-0.25, -0.2) is 19.2 Å². The lowest BCUT2D eigenvalue weighted by atomic mass is 9.94. The second-order valence-corrected chi connectivity index (χ2v) is 35.3. The summed E-state index contributed by atoms with van der Waals surface area (Å²) >= 11 is 9.50. The van der Waals surface area contributed by atoms with Crippen molar-refractivity contribution in [2.45, 2.75) is 266 Å². The maximum absolute atomic E-state index is 12.3. The van der Waals surface area contributed by atoms with E-state index in [2.05, 4.69) is 34.1 Å². The molecule has 0 spiro atoms. The zero-order chi connectivity index (χ0) is 90.5. The minimum absolute atomic E-state index is 0. The normalized spacial score (nSPS) is 18.4. The molecule has 12 aromatic rings. The molecule has 0 saturated heterocycles. The lowest BCUT2D eigenvalue weighted by Gasteiger charge is -2.29. The number of hydrogen-bond donors (Lipinski definition) is 0. The molecule has 23 heteroatoms. The molecule has 4 aliphatic carbocycles. The second-order valence-electron chi connectivity index (χ2n) is 34.0. The van der Waals surface area contributed by atoms with Crippen LogP contribution in [-0.2, 0) is 90.2 Å². The molecule has 4 saturated carbocycles. The van der Waals surface area contributed by atoms with Crippen LogP contribution in [0.25, 0.3) is 43.9 Å². The van der Waals surface area contributed by atoms with Gasteiger partial charge in [0.05, 0.1) is 82.4 Å². The Kier molecular flexibility index (Phi) is 34.9. The molecule has 0 amide bonds. The quantitative estimate of drug-likeness (QED) is 0.0394. The Balaban J connectivity index is 0.000000155. The third-order valence-electron chi connectivity index (χ3n) is 23.9. The number of para-hydroxylation sites is 1. The predicted molar refractivity (Wildman–Crippen MR) is 504 cm³/mol. The number of fused-ring (bicyclic) bond motifs is 4. The van der Waals surface area contributed by atoms with E-state index < -0.39 is 22.5 Å². The molecule has 16 rings (SSSR count). The highest BCUT2D eigenvalue weighted by Gasteiger charge is 2.30. The SMILES string of the molecule is C.CC(=O)Cc1cc2ccc(OC3CCC(OCc4ccc(Cl)cc4)CC3)c(C)c2oc1=O.CC(=O)Cc1cc2ccc(OC3CCC(OCc4ccccc4)CC3)c(C)c2oc1=O.CC(=O)Cc1cc2ccc(OC3CCC(OCc4ccccc4Br)CC3)c(C)c2oc1=O.COc1ccccc1COC1CCC(Oc2ccc3cc(CC(C)=O)c(=O)oc3c2C)CC1.